The molecule has 1 unspecified atom stereocenters. The number of rotatable bonds is 7. The Morgan fingerprint density at radius 2 is 1.72 bits per heavy atom. The van der Waals surface area contributed by atoms with Crippen LogP contribution in [0.5, 0.6) is 11.5 Å². The maximum atomic E-state index is 13.4. The number of hydrogen-bond acceptors (Lipinski definition) is 5. The van der Waals surface area contributed by atoms with E-state index >= 15 is 0 Å². The molecule has 0 bridgehead atoms. The molecule has 1 N–H and O–H groups in total. The quantitative estimate of drug-likeness (QED) is 0.540. The van der Waals surface area contributed by atoms with Crippen LogP contribution in [0.25, 0.3) is 0 Å². The molecule has 1 amide bonds. The first-order valence-electron chi connectivity index (χ1n) is 10.0. The van der Waals surface area contributed by atoms with Crippen LogP contribution in [-0.2, 0) is 16.9 Å². The molecule has 0 radical (unpaired) electrons. The average molecular weight is 452 g/mol. The van der Waals surface area contributed by atoms with Crippen LogP contribution in [0.1, 0.15) is 27.9 Å². The van der Waals surface area contributed by atoms with Gasteiger partial charge in [0.05, 0.1) is 32.9 Å². The SMILES string of the molecule is COc1ccc(C(=O)CC2(O)C(=O)N(Cc3ccccc3)c3ccc(Cl)cc32)cc1OC. The van der Waals surface area contributed by atoms with E-state index in [0.29, 0.717) is 33.3 Å². The average Bonchev–Trinajstić information content (AvgIpc) is 3.00. The van der Waals surface area contributed by atoms with Crippen molar-refractivity contribution in [2.45, 2.75) is 18.6 Å². The third-order valence-electron chi connectivity index (χ3n) is 5.60. The smallest absolute Gasteiger partial charge is 0.264 e. The predicted molar refractivity (Wildman–Crippen MR) is 121 cm³/mol. The number of fused-ring (bicyclic) bond motifs is 1. The highest BCUT2D eigenvalue weighted by Crippen LogP contribution is 2.45. The van der Waals surface area contributed by atoms with Crippen molar-refractivity contribution < 1.29 is 24.2 Å². The summed E-state index contributed by atoms with van der Waals surface area (Å²) in [5.41, 5.74) is 0.0241. The molecule has 1 heterocycles. The Hall–Kier alpha value is -3.35. The highest BCUT2D eigenvalue weighted by atomic mass is 35.5. The summed E-state index contributed by atoms with van der Waals surface area (Å²) in [6.07, 6.45) is -0.431. The summed E-state index contributed by atoms with van der Waals surface area (Å²) in [4.78, 5) is 28.0. The normalized spacial score (nSPS) is 17.2. The second-order valence-electron chi connectivity index (χ2n) is 7.57. The second kappa shape index (κ2) is 8.65. The molecule has 1 aliphatic rings. The van der Waals surface area contributed by atoms with E-state index < -0.39 is 23.7 Å². The standard InChI is InChI=1S/C25H22ClNO5/c1-31-22-11-8-17(12-23(22)32-2)21(28)14-25(30)19-13-18(26)9-10-20(19)27(24(25)29)15-16-6-4-3-5-7-16/h3-13,30H,14-15H2,1-2H3. The molecule has 0 saturated heterocycles. The van der Waals surface area contributed by atoms with Gasteiger partial charge in [-0.3, -0.25) is 9.59 Å². The first-order chi connectivity index (χ1) is 15.4. The van der Waals surface area contributed by atoms with Crippen LogP contribution in [0.4, 0.5) is 5.69 Å². The van der Waals surface area contributed by atoms with Gasteiger partial charge in [-0.1, -0.05) is 41.9 Å². The number of ether oxygens (including phenoxy) is 2. The zero-order chi connectivity index (χ0) is 22.9. The number of methoxy groups -OCH3 is 2. The van der Waals surface area contributed by atoms with Gasteiger partial charge in [0.2, 0.25) is 0 Å². The highest BCUT2D eigenvalue weighted by molar-refractivity contribution is 6.31. The number of nitrogens with zero attached hydrogens (tertiary/aromatic N) is 1. The van der Waals surface area contributed by atoms with Gasteiger partial charge in [0, 0.05) is 16.1 Å². The third-order valence-corrected chi connectivity index (χ3v) is 5.83. The molecule has 7 heteroatoms. The Morgan fingerprint density at radius 3 is 2.41 bits per heavy atom. The Morgan fingerprint density at radius 1 is 1.00 bits per heavy atom. The second-order valence-corrected chi connectivity index (χ2v) is 8.00. The molecule has 4 rings (SSSR count). The molecule has 0 saturated carbocycles. The summed E-state index contributed by atoms with van der Waals surface area (Å²) in [6, 6.07) is 19.1. The first-order valence-corrected chi connectivity index (χ1v) is 10.4. The summed E-state index contributed by atoms with van der Waals surface area (Å²) in [5, 5.41) is 11.9. The van der Waals surface area contributed by atoms with Gasteiger partial charge < -0.3 is 19.5 Å². The van der Waals surface area contributed by atoms with Crippen molar-refractivity contribution in [3.8, 4) is 11.5 Å². The number of carbonyl (C=O) groups excluding carboxylic acids is 2. The Balaban J connectivity index is 1.69. The Kier molecular flexibility index (Phi) is 5.91. The number of aliphatic hydroxyl groups is 1. The lowest BCUT2D eigenvalue weighted by atomic mass is 9.88. The third kappa shape index (κ3) is 3.83. The highest BCUT2D eigenvalue weighted by Gasteiger charge is 2.51. The van der Waals surface area contributed by atoms with E-state index in [1.54, 1.807) is 30.3 Å². The minimum Gasteiger partial charge on any atom is -0.493 e. The Bertz CT molecular complexity index is 1180. The lowest BCUT2D eigenvalue weighted by molar-refractivity contribution is -0.136. The van der Waals surface area contributed by atoms with Gasteiger partial charge in [0.15, 0.2) is 22.9 Å². The number of amides is 1. The molecule has 164 valence electrons. The fourth-order valence-corrected chi connectivity index (χ4v) is 4.13. The van der Waals surface area contributed by atoms with Crippen LogP contribution in [0, 0.1) is 0 Å². The predicted octanol–water partition coefficient (Wildman–Crippen LogP) is 4.36. The molecule has 1 aliphatic heterocycles. The zero-order valence-electron chi connectivity index (χ0n) is 17.7. The van der Waals surface area contributed by atoms with Gasteiger partial charge >= 0.3 is 0 Å². The van der Waals surface area contributed by atoms with Crippen molar-refractivity contribution in [1.82, 2.24) is 0 Å². The van der Waals surface area contributed by atoms with E-state index in [4.69, 9.17) is 21.1 Å². The van der Waals surface area contributed by atoms with Crippen molar-refractivity contribution >= 4 is 29.0 Å². The number of Topliss-reactive ketones (excluding diaryl/α,β-unsaturated/α-hetero) is 1. The van der Waals surface area contributed by atoms with E-state index in [1.165, 1.54) is 25.2 Å². The van der Waals surface area contributed by atoms with E-state index in [1.807, 2.05) is 30.3 Å². The summed E-state index contributed by atoms with van der Waals surface area (Å²) in [5.74, 6) is -0.107. The summed E-state index contributed by atoms with van der Waals surface area (Å²) >= 11 is 6.18. The lowest BCUT2D eigenvalue weighted by Gasteiger charge is -2.23. The molecule has 6 nitrogen and oxygen atoms in total. The molecular formula is C25H22ClNO5. The van der Waals surface area contributed by atoms with Gasteiger partial charge in [-0.05, 0) is 42.0 Å². The van der Waals surface area contributed by atoms with Crippen LogP contribution < -0.4 is 14.4 Å². The van der Waals surface area contributed by atoms with E-state index in [0.717, 1.165) is 5.56 Å². The van der Waals surface area contributed by atoms with Crippen molar-refractivity contribution in [2.75, 3.05) is 19.1 Å². The van der Waals surface area contributed by atoms with Crippen molar-refractivity contribution in [2.24, 2.45) is 0 Å². The van der Waals surface area contributed by atoms with Crippen LogP contribution in [0.3, 0.4) is 0 Å². The Labute approximate surface area is 191 Å². The number of anilines is 1. The zero-order valence-corrected chi connectivity index (χ0v) is 18.4. The number of hydrogen-bond donors (Lipinski definition) is 1. The molecule has 0 spiro atoms. The molecule has 0 aliphatic carbocycles. The van der Waals surface area contributed by atoms with Crippen molar-refractivity contribution in [1.29, 1.82) is 0 Å². The molecule has 0 fully saturated rings. The molecular weight excluding hydrogens is 430 g/mol. The molecule has 32 heavy (non-hydrogen) atoms. The van der Waals surface area contributed by atoms with Crippen LogP contribution >= 0.6 is 11.6 Å². The monoisotopic (exact) mass is 451 g/mol. The molecule has 3 aromatic carbocycles. The van der Waals surface area contributed by atoms with Gasteiger partial charge in [-0.15, -0.1) is 0 Å². The van der Waals surface area contributed by atoms with Crippen LogP contribution in [0.2, 0.25) is 5.02 Å². The lowest BCUT2D eigenvalue weighted by Crippen LogP contribution is -2.41. The van der Waals surface area contributed by atoms with Gasteiger partial charge in [-0.25, -0.2) is 0 Å². The number of carbonyl (C=O) groups is 2. The van der Waals surface area contributed by atoms with E-state index in [9.17, 15) is 14.7 Å². The molecule has 1 atom stereocenters. The minimum absolute atomic E-state index is 0.265. The topological polar surface area (TPSA) is 76.1 Å². The molecule has 3 aromatic rings. The maximum Gasteiger partial charge on any atom is 0.264 e. The van der Waals surface area contributed by atoms with Crippen molar-refractivity contribution in [3.63, 3.8) is 0 Å². The number of halogens is 1. The summed E-state index contributed by atoms with van der Waals surface area (Å²) in [7, 11) is 2.97. The molecule has 0 aromatic heterocycles. The van der Waals surface area contributed by atoms with Crippen LogP contribution in [-0.4, -0.2) is 31.0 Å². The van der Waals surface area contributed by atoms with Gasteiger partial charge in [0.25, 0.3) is 5.91 Å². The van der Waals surface area contributed by atoms with Crippen molar-refractivity contribution in [3.05, 3.63) is 88.4 Å². The number of benzene rings is 3. The van der Waals surface area contributed by atoms with E-state index in [-0.39, 0.29) is 6.54 Å². The van der Waals surface area contributed by atoms with E-state index in [2.05, 4.69) is 0 Å². The fraction of sp³-hybridized carbons (Fsp3) is 0.200. The fourth-order valence-electron chi connectivity index (χ4n) is 3.96. The van der Waals surface area contributed by atoms with Gasteiger partial charge in [0.1, 0.15) is 0 Å². The van der Waals surface area contributed by atoms with Gasteiger partial charge in [-0.2, -0.15) is 0 Å². The van der Waals surface area contributed by atoms with Crippen LogP contribution in [0.15, 0.2) is 66.7 Å². The summed E-state index contributed by atoms with van der Waals surface area (Å²) < 4.78 is 10.5. The summed E-state index contributed by atoms with van der Waals surface area (Å²) in [6.45, 7) is 0.265. The largest absolute Gasteiger partial charge is 0.493 e. The number of ketones is 1. The minimum atomic E-state index is -2.03. The first kappa shape index (κ1) is 21.9. The maximum absolute atomic E-state index is 13.4.